The van der Waals surface area contributed by atoms with Crippen LogP contribution in [0.2, 0.25) is 0 Å². The van der Waals surface area contributed by atoms with Crippen molar-refractivity contribution in [1.82, 2.24) is 10.2 Å². The predicted molar refractivity (Wildman–Crippen MR) is 64.2 cm³/mol. The first-order valence-electron chi connectivity index (χ1n) is 5.27. The van der Waals surface area contributed by atoms with Crippen LogP contribution in [0.5, 0.6) is 5.75 Å². The molecule has 1 amide bonds. The summed E-state index contributed by atoms with van der Waals surface area (Å²) < 4.78 is 18.0. The fourth-order valence-electron chi connectivity index (χ4n) is 1.47. The van der Waals surface area contributed by atoms with Gasteiger partial charge in [-0.2, -0.15) is 5.10 Å². The van der Waals surface area contributed by atoms with Gasteiger partial charge in [-0.1, -0.05) is 0 Å². The first-order valence-corrected chi connectivity index (χ1v) is 5.27. The van der Waals surface area contributed by atoms with Crippen LogP contribution < -0.4 is 10.1 Å². The van der Waals surface area contributed by atoms with E-state index >= 15 is 0 Å². The van der Waals surface area contributed by atoms with E-state index in [2.05, 4.69) is 15.5 Å². The van der Waals surface area contributed by atoms with E-state index in [0.29, 0.717) is 11.4 Å². The van der Waals surface area contributed by atoms with E-state index in [-0.39, 0.29) is 11.7 Å². The van der Waals surface area contributed by atoms with Crippen LogP contribution in [0.15, 0.2) is 24.3 Å². The highest BCUT2D eigenvalue weighted by atomic mass is 19.1. The van der Waals surface area contributed by atoms with Crippen LogP contribution in [0.4, 0.5) is 10.2 Å². The number of H-pyrrole nitrogens is 1. The van der Waals surface area contributed by atoms with Crippen LogP contribution in [-0.2, 0) is 0 Å². The molecule has 0 aliphatic heterocycles. The van der Waals surface area contributed by atoms with Gasteiger partial charge in [0, 0.05) is 17.3 Å². The van der Waals surface area contributed by atoms with E-state index in [4.69, 9.17) is 4.74 Å². The topological polar surface area (TPSA) is 67.0 Å². The number of halogens is 1. The van der Waals surface area contributed by atoms with Crippen LogP contribution in [0.25, 0.3) is 0 Å². The molecule has 94 valence electrons. The normalized spacial score (nSPS) is 10.2. The van der Waals surface area contributed by atoms with Gasteiger partial charge in [0.05, 0.1) is 7.11 Å². The summed E-state index contributed by atoms with van der Waals surface area (Å²) in [4.78, 5) is 11.9. The molecule has 2 aromatic rings. The molecule has 1 heterocycles. The second-order valence-corrected chi connectivity index (χ2v) is 3.74. The Morgan fingerprint density at radius 3 is 2.83 bits per heavy atom. The zero-order valence-electron chi connectivity index (χ0n) is 9.95. The number of aromatic amines is 1. The first kappa shape index (κ1) is 12.1. The van der Waals surface area contributed by atoms with Crippen molar-refractivity contribution in [1.29, 1.82) is 0 Å². The molecule has 1 aromatic heterocycles. The van der Waals surface area contributed by atoms with Crippen molar-refractivity contribution in [3.63, 3.8) is 0 Å². The number of carbonyl (C=O) groups is 1. The number of carbonyl (C=O) groups excluding carboxylic acids is 1. The number of benzene rings is 1. The quantitative estimate of drug-likeness (QED) is 0.875. The Morgan fingerprint density at radius 2 is 2.22 bits per heavy atom. The largest absolute Gasteiger partial charge is 0.494 e. The van der Waals surface area contributed by atoms with Gasteiger partial charge in [0.1, 0.15) is 0 Å². The van der Waals surface area contributed by atoms with E-state index in [0.717, 1.165) is 5.69 Å². The average Bonchev–Trinajstić information content (AvgIpc) is 2.75. The lowest BCUT2D eigenvalue weighted by molar-refractivity contribution is 0.102. The lowest BCUT2D eigenvalue weighted by Gasteiger charge is -2.05. The number of nitrogens with one attached hydrogen (secondary N) is 2. The maximum Gasteiger partial charge on any atom is 0.257 e. The van der Waals surface area contributed by atoms with E-state index in [1.807, 2.05) is 6.92 Å². The third-order valence-corrected chi connectivity index (χ3v) is 2.36. The number of aryl methyl sites for hydroxylation is 1. The lowest BCUT2D eigenvalue weighted by atomic mass is 10.2. The molecule has 0 saturated carbocycles. The number of amides is 1. The zero-order valence-corrected chi connectivity index (χ0v) is 9.95. The maximum absolute atomic E-state index is 13.2. The van der Waals surface area contributed by atoms with Gasteiger partial charge < -0.3 is 10.1 Å². The van der Waals surface area contributed by atoms with Crippen molar-refractivity contribution in [2.45, 2.75) is 6.92 Å². The molecule has 0 fully saturated rings. The van der Waals surface area contributed by atoms with Gasteiger partial charge in [-0.05, 0) is 25.1 Å². The molecule has 0 radical (unpaired) electrons. The smallest absolute Gasteiger partial charge is 0.257 e. The van der Waals surface area contributed by atoms with Crippen molar-refractivity contribution >= 4 is 11.7 Å². The summed E-state index contributed by atoms with van der Waals surface area (Å²) in [5, 5.41) is 9.18. The zero-order chi connectivity index (χ0) is 13.1. The molecule has 0 bridgehead atoms. The molecule has 0 aliphatic rings. The highest BCUT2D eigenvalue weighted by molar-refractivity contribution is 6.04. The van der Waals surface area contributed by atoms with Gasteiger partial charge in [-0.3, -0.25) is 9.89 Å². The second-order valence-electron chi connectivity index (χ2n) is 3.74. The average molecular weight is 249 g/mol. The molecule has 6 heteroatoms. The van der Waals surface area contributed by atoms with Crippen LogP contribution in [0.3, 0.4) is 0 Å². The Balaban J connectivity index is 2.18. The summed E-state index contributed by atoms with van der Waals surface area (Å²) >= 11 is 0. The van der Waals surface area contributed by atoms with Crippen molar-refractivity contribution in [3.8, 4) is 5.75 Å². The summed E-state index contributed by atoms with van der Waals surface area (Å²) in [5.41, 5.74) is 1.14. The molecule has 2 N–H and O–H groups in total. The van der Waals surface area contributed by atoms with Crippen LogP contribution in [-0.4, -0.2) is 23.2 Å². The number of aromatic nitrogens is 2. The standard InChI is InChI=1S/C12H12FN3O2/c1-7-5-11(16-15-7)14-12(17)8-3-4-9(13)10(6-8)18-2/h3-6H,1-2H3,(H2,14,15,16,17). The Labute approximate surface area is 103 Å². The van der Waals surface area contributed by atoms with Crippen LogP contribution >= 0.6 is 0 Å². The fraction of sp³-hybridized carbons (Fsp3) is 0.167. The molecule has 0 aliphatic carbocycles. The van der Waals surface area contributed by atoms with E-state index < -0.39 is 5.82 Å². The Hall–Kier alpha value is -2.37. The highest BCUT2D eigenvalue weighted by Gasteiger charge is 2.11. The van der Waals surface area contributed by atoms with Crippen molar-refractivity contribution in [2.75, 3.05) is 12.4 Å². The Kier molecular flexibility index (Phi) is 3.27. The predicted octanol–water partition coefficient (Wildman–Crippen LogP) is 2.12. The SMILES string of the molecule is COc1cc(C(=O)Nc2cc(C)[nH]n2)ccc1F. The second kappa shape index (κ2) is 4.87. The van der Waals surface area contributed by atoms with E-state index in [1.165, 1.54) is 25.3 Å². The molecular weight excluding hydrogens is 237 g/mol. The molecule has 0 atom stereocenters. The van der Waals surface area contributed by atoms with Gasteiger partial charge >= 0.3 is 0 Å². The molecule has 0 spiro atoms. The number of nitrogens with zero attached hydrogens (tertiary/aromatic N) is 1. The minimum absolute atomic E-state index is 0.0286. The molecule has 5 nitrogen and oxygen atoms in total. The van der Waals surface area contributed by atoms with Crippen molar-refractivity contribution in [3.05, 3.63) is 41.3 Å². The highest BCUT2D eigenvalue weighted by Crippen LogP contribution is 2.19. The maximum atomic E-state index is 13.2. The molecular formula is C12H12FN3O2. The third kappa shape index (κ3) is 2.48. The number of hydrogen-bond donors (Lipinski definition) is 2. The molecule has 1 aromatic carbocycles. The van der Waals surface area contributed by atoms with Gasteiger partial charge in [0.2, 0.25) is 0 Å². The summed E-state index contributed by atoms with van der Waals surface area (Å²) in [5.74, 6) is -0.439. The summed E-state index contributed by atoms with van der Waals surface area (Å²) in [7, 11) is 1.34. The van der Waals surface area contributed by atoms with E-state index in [1.54, 1.807) is 6.07 Å². The van der Waals surface area contributed by atoms with Gasteiger partial charge in [0.25, 0.3) is 5.91 Å². The van der Waals surface area contributed by atoms with E-state index in [9.17, 15) is 9.18 Å². The first-order chi connectivity index (χ1) is 8.60. The van der Waals surface area contributed by atoms with Gasteiger partial charge in [-0.25, -0.2) is 4.39 Å². The molecule has 0 saturated heterocycles. The minimum atomic E-state index is -0.510. The summed E-state index contributed by atoms with van der Waals surface area (Å²) in [6.45, 7) is 1.82. The van der Waals surface area contributed by atoms with Crippen LogP contribution in [0.1, 0.15) is 16.1 Å². The Bertz CT molecular complexity index is 580. The minimum Gasteiger partial charge on any atom is -0.494 e. The molecule has 0 unspecified atom stereocenters. The molecule has 2 rings (SSSR count). The lowest BCUT2D eigenvalue weighted by Crippen LogP contribution is -2.12. The van der Waals surface area contributed by atoms with Gasteiger partial charge in [-0.15, -0.1) is 0 Å². The monoisotopic (exact) mass is 249 g/mol. The number of hydrogen-bond acceptors (Lipinski definition) is 3. The Morgan fingerprint density at radius 1 is 1.44 bits per heavy atom. The third-order valence-electron chi connectivity index (χ3n) is 2.36. The number of ether oxygens (including phenoxy) is 1. The van der Waals surface area contributed by atoms with Crippen molar-refractivity contribution in [2.24, 2.45) is 0 Å². The van der Waals surface area contributed by atoms with Gasteiger partial charge in [0.15, 0.2) is 17.4 Å². The number of methoxy groups -OCH3 is 1. The summed E-state index contributed by atoms with van der Waals surface area (Å²) in [6, 6.07) is 5.60. The number of anilines is 1. The molecule has 18 heavy (non-hydrogen) atoms. The number of rotatable bonds is 3. The summed E-state index contributed by atoms with van der Waals surface area (Å²) in [6.07, 6.45) is 0. The van der Waals surface area contributed by atoms with Crippen molar-refractivity contribution < 1.29 is 13.9 Å². The fourth-order valence-corrected chi connectivity index (χ4v) is 1.47. The van der Waals surface area contributed by atoms with Crippen LogP contribution in [0, 0.1) is 12.7 Å².